The minimum absolute atomic E-state index is 0.0471. The van der Waals surface area contributed by atoms with Gasteiger partial charge in [0, 0.05) is 34.5 Å². The average molecular weight is 990 g/mol. The fourth-order valence-corrected chi connectivity index (χ4v) is 10.1. The van der Waals surface area contributed by atoms with E-state index in [-0.39, 0.29) is 10.8 Å². The Morgan fingerprint density at radius 2 is 1.00 bits per heavy atom. The molecular weight excluding hydrogens is 925 g/mol. The van der Waals surface area contributed by atoms with Crippen molar-refractivity contribution >= 4 is 94.4 Å². The molecule has 2 heterocycles. The van der Waals surface area contributed by atoms with Gasteiger partial charge in [-0.15, -0.1) is 0 Å². The van der Waals surface area contributed by atoms with E-state index in [0.29, 0.717) is 56.5 Å². The third kappa shape index (κ3) is 14.2. The fourth-order valence-electron chi connectivity index (χ4n) is 7.48. The molecule has 0 unspecified atom stereocenters. The smallest absolute Gasteiger partial charge is 0.229 e. The first-order valence-corrected chi connectivity index (χ1v) is 27.5. The predicted octanol–water partition coefficient (Wildman–Crippen LogP) is 11.1. The van der Waals surface area contributed by atoms with Crippen molar-refractivity contribution in [2.45, 2.75) is 38.5 Å². The summed E-state index contributed by atoms with van der Waals surface area (Å²) in [5, 5.41) is 18.3. The number of hydrogen-bond acceptors (Lipinski definition) is 14. The third-order valence-electron chi connectivity index (χ3n) is 10.8. The van der Waals surface area contributed by atoms with Crippen LogP contribution in [0.1, 0.15) is 38.8 Å². The van der Waals surface area contributed by atoms with Crippen LogP contribution in [0.2, 0.25) is 10.0 Å². The zero-order chi connectivity index (χ0) is 49.3. The highest BCUT2D eigenvalue weighted by Crippen LogP contribution is 2.41. The van der Waals surface area contributed by atoms with Gasteiger partial charge < -0.3 is 50.1 Å². The van der Waals surface area contributed by atoms with Gasteiger partial charge in [-0.25, -0.2) is 9.97 Å². The van der Waals surface area contributed by atoms with E-state index in [1.807, 2.05) is 79.8 Å². The Hall–Kier alpha value is -5.20. The average Bonchev–Trinajstić information content (AvgIpc) is 3.25. The molecule has 0 atom stereocenters. The van der Waals surface area contributed by atoms with Crippen molar-refractivity contribution in [3.63, 3.8) is 0 Å². The van der Waals surface area contributed by atoms with Gasteiger partial charge >= 0.3 is 0 Å². The van der Waals surface area contributed by atoms with Crippen LogP contribution in [-0.2, 0) is 20.0 Å². The lowest BCUT2D eigenvalue weighted by Gasteiger charge is -2.29. The first-order chi connectivity index (χ1) is 31.4. The maximum Gasteiger partial charge on any atom is 0.229 e. The van der Waals surface area contributed by atoms with Gasteiger partial charge in [0.05, 0.1) is 49.4 Å². The number of anilines is 8. The van der Waals surface area contributed by atoms with Crippen molar-refractivity contribution < 1.29 is 18.6 Å². The Morgan fingerprint density at radius 1 is 0.597 bits per heavy atom. The number of rotatable bonds is 18. The van der Waals surface area contributed by atoms with Crippen molar-refractivity contribution in [1.82, 2.24) is 30.2 Å². The zero-order valence-electron chi connectivity index (χ0n) is 40.7. The summed E-state index contributed by atoms with van der Waals surface area (Å²) in [7, 11) is 4.36. The van der Waals surface area contributed by atoms with E-state index in [1.54, 1.807) is 40.9 Å². The molecule has 0 aliphatic heterocycles. The molecule has 4 aromatic carbocycles. The SMILES string of the molecule is CNCC(C)(C)c1ccc(Nc2ncc(Cl)c(Nc3ccccc3P(C)(C)=O)n2)c(OC)c1.COc1cc(C(C)(C)CN(C)C)ccc1Nc1ncc(Cl)c(Nc2ccccc2P(C)(C)=O)n1. The lowest BCUT2D eigenvalue weighted by molar-refractivity contribution is 0.314. The summed E-state index contributed by atoms with van der Waals surface area (Å²) in [5.41, 5.74) is 5.10. The topological polar surface area (TPSA) is 168 Å². The van der Waals surface area contributed by atoms with Crippen LogP contribution >= 0.6 is 37.5 Å². The van der Waals surface area contributed by atoms with Crippen LogP contribution in [0.25, 0.3) is 0 Å². The van der Waals surface area contributed by atoms with E-state index in [9.17, 15) is 9.13 Å². The molecule has 0 saturated heterocycles. The summed E-state index contributed by atoms with van der Waals surface area (Å²) in [6.45, 7) is 17.4. The van der Waals surface area contributed by atoms with Gasteiger partial charge in [0.15, 0.2) is 11.6 Å². The first kappa shape index (κ1) is 52.8. The molecule has 0 radical (unpaired) electrons. The first-order valence-electron chi connectivity index (χ1n) is 21.5. The van der Waals surface area contributed by atoms with Crippen LogP contribution in [0, 0.1) is 0 Å². The molecule has 0 spiro atoms. The quantitative estimate of drug-likeness (QED) is 0.0516. The maximum absolute atomic E-state index is 12.7. The highest BCUT2D eigenvalue weighted by atomic mass is 35.5. The second-order valence-electron chi connectivity index (χ2n) is 18.4. The Kier molecular flexibility index (Phi) is 17.5. The molecule has 0 bridgehead atoms. The number of nitrogens with one attached hydrogen (secondary N) is 5. The highest BCUT2D eigenvalue weighted by Gasteiger charge is 2.25. The highest BCUT2D eigenvalue weighted by molar-refractivity contribution is 7.70. The van der Waals surface area contributed by atoms with Crippen molar-refractivity contribution in [1.29, 1.82) is 0 Å². The largest absolute Gasteiger partial charge is 0.495 e. The molecule has 5 N–H and O–H groups in total. The summed E-state index contributed by atoms with van der Waals surface area (Å²) < 4.78 is 36.7. The zero-order valence-corrected chi connectivity index (χ0v) is 44.0. The summed E-state index contributed by atoms with van der Waals surface area (Å²) in [4.78, 5) is 19.9. The summed E-state index contributed by atoms with van der Waals surface area (Å²) in [5.74, 6) is 2.94. The van der Waals surface area contributed by atoms with Gasteiger partial charge in [-0.1, -0.05) is 87.3 Å². The molecule has 14 nitrogen and oxygen atoms in total. The standard InChI is InChI=1S/C25H33ClN5O2P.C24H31ClN5O2P/c1-25(2,16-31(3)4)17-12-13-19(21(14-17)33-5)29-24-27-15-18(26)23(30-24)28-20-10-8-9-11-22(20)34(6,7)32;1-24(2,15-26-3)16-11-12-18(20(13-16)32-4)29-23-27-14-17(25)22(30-23)28-19-9-7-8-10-21(19)33(5,6)31/h8-15H,16H2,1-7H3,(H2,27,28,29,30);7-14,26H,15H2,1-6H3,(H2,27,28,29,30). The minimum atomic E-state index is -2.50. The summed E-state index contributed by atoms with van der Waals surface area (Å²) in [6, 6.07) is 27.0. The predicted molar refractivity (Wildman–Crippen MR) is 283 cm³/mol. The van der Waals surface area contributed by atoms with E-state index < -0.39 is 14.3 Å². The van der Waals surface area contributed by atoms with E-state index >= 15 is 0 Å². The molecule has 0 aliphatic rings. The molecule has 0 amide bonds. The van der Waals surface area contributed by atoms with Crippen LogP contribution < -0.4 is 46.7 Å². The van der Waals surface area contributed by atoms with Crippen molar-refractivity contribution in [2.24, 2.45) is 0 Å². The molecule has 18 heteroatoms. The number of ether oxygens (including phenoxy) is 2. The van der Waals surface area contributed by atoms with Crippen LogP contribution in [-0.4, -0.2) is 99.9 Å². The molecule has 6 aromatic rings. The van der Waals surface area contributed by atoms with Crippen LogP contribution in [0.3, 0.4) is 0 Å². The van der Waals surface area contributed by atoms with Gasteiger partial charge in [0.2, 0.25) is 11.9 Å². The minimum Gasteiger partial charge on any atom is -0.495 e. The molecular formula is C49H64Cl2N10O4P2. The molecule has 6 rings (SSSR count). The number of benzene rings is 4. The number of nitrogens with zero attached hydrogens (tertiary/aromatic N) is 5. The molecule has 67 heavy (non-hydrogen) atoms. The van der Waals surface area contributed by atoms with Crippen LogP contribution in [0.4, 0.5) is 46.3 Å². The molecule has 0 aliphatic carbocycles. The second kappa shape index (κ2) is 22.3. The van der Waals surface area contributed by atoms with Gasteiger partial charge in [0.25, 0.3) is 0 Å². The van der Waals surface area contributed by atoms with Crippen LogP contribution in [0.5, 0.6) is 11.5 Å². The van der Waals surface area contributed by atoms with Crippen molar-refractivity contribution in [3.8, 4) is 11.5 Å². The lowest BCUT2D eigenvalue weighted by atomic mass is 9.84. The Morgan fingerprint density at radius 3 is 1.37 bits per heavy atom. The number of para-hydroxylation sites is 2. The Bertz CT molecular complexity index is 2760. The normalized spacial score (nSPS) is 11.9. The summed E-state index contributed by atoms with van der Waals surface area (Å²) >= 11 is 12.7. The van der Waals surface area contributed by atoms with Crippen molar-refractivity contribution in [2.75, 3.05) is 96.4 Å². The van der Waals surface area contributed by atoms with Crippen molar-refractivity contribution in [3.05, 3.63) is 118 Å². The van der Waals surface area contributed by atoms with E-state index in [0.717, 1.165) is 40.6 Å². The Labute approximate surface area is 406 Å². The number of methoxy groups -OCH3 is 2. The number of halogens is 2. The van der Waals surface area contributed by atoms with E-state index in [4.69, 9.17) is 32.7 Å². The summed E-state index contributed by atoms with van der Waals surface area (Å²) in [6.07, 6.45) is 3.05. The molecule has 0 saturated carbocycles. The molecule has 2 aromatic heterocycles. The van der Waals surface area contributed by atoms with E-state index in [2.05, 4.69) is 105 Å². The molecule has 0 fully saturated rings. The van der Waals surface area contributed by atoms with Gasteiger partial charge in [-0.3, -0.25) is 0 Å². The third-order valence-corrected chi connectivity index (χ3v) is 14.4. The maximum atomic E-state index is 12.7. The number of hydrogen-bond donors (Lipinski definition) is 5. The monoisotopic (exact) mass is 988 g/mol. The molecule has 358 valence electrons. The van der Waals surface area contributed by atoms with Gasteiger partial charge in [-0.2, -0.15) is 9.97 Å². The Balaban J connectivity index is 0.000000251. The van der Waals surface area contributed by atoms with E-state index in [1.165, 1.54) is 18.0 Å². The fraction of sp³-hybridized carbons (Fsp3) is 0.347. The number of aromatic nitrogens is 4. The van der Waals surface area contributed by atoms with Gasteiger partial charge in [-0.05, 0) is 107 Å². The second-order valence-corrected chi connectivity index (χ2v) is 25.6. The lowest BCUT2D eigenvalue weighted by Crippen LogP contribution is -2.32. The van der Waals surface area contributed by atoms with Gasteiger partial charge in [0.1, 0.15) is 35.8 Å². The number of likely N-dealkylation sites (N-methyl/N-ethyl adjacent to an activating group) is 2. The van der Waals surface area contributed by atoms with Crippen LogP contribution in [0.15, 0.2) is 97.3 Å².